The molecular formula is C18H15N5OS2. The van der Waals surface area contributed by atoms with Crippen molar-refractivity contribution in [3.63, 3.8) is 0 Å². The van der Waals surface area contributed by atoms with Gasteiger partial charge in [0.15, 0.2) is 0 Å². The van der Waals surface area contributed by atoms with E-state index in [1.54, 1.807) is 7.05 Å². The summed E-state index contributed by atoms with van der Waals surface area (Å²) in [6.45, 7) is 1.93. The van der Waals surface area contributed by atoms with Crippen LogP contribution in [0.2, 0.25) is 0 Å². The second-order valence-corrected chi connectivity index (χ2v) is 7.57. The Hall–Kier alpha value is -2.84. The Balaban J connectivity index is 1.63. The van der Waals surface area contributed by atoms with Crippen molar-refractivity contribution in [1.29, 1.82) is 0 Å². The van der Waals surface area contributed by atoms with E-state index in [4.69, 9.17) is 0 Å². The van der Waals surface area contributed by atoms with Gasteiger partial charge in [0.25, 0.3) is 5.91 Å². The van der Waals surface area contributed by atoms with Crippen molar-refractivity contribution in [1.82, 2.24) is 15.2 Å². The molecule has 0 radical (unpaired) electrons. The minimum Gasteiger partial charge on any atom is -0.386 e. The van der Waals surface area contributed by atoms with Crippen molar-refractivity contribution in [2.75, 3.05) is 17.7 Å². The molecule has 0 saturated heterocycles. The van der Waals surface area contributed by atoms with E-state index in [0.29, 0.717) is 10.0 Å². The van der Waals surface area contributed by atoms with Gasteiger partial charge in [-0.25, -0.2) is 4.98 Å². The Labute approximate surface area is 157 Å². The number of carbonyl (C=O) groups is 1. The minimum absolute atomic E-state index is 0.217. The molecule has 0 atom stereocenters. The fourth-order valence-electron chi connectivity index (χ4n) is 2.60. The van der Waals surface area contributed by atoms with Gasteiger partial charge in [0, 0.05) is 23.7 Å². The molecule has 2 N–H and O–H groups in total. The lowest BCUT2D eigenvalue weighted by atomic mass is 10.2. The standard InChI is InChI=1S/C18H15N5OS2/c1-10-8-9-12-13(19-2)14(25-17(12)20-10)15(24)21-18-23-22-16(26-18)11-6-4-3-5-7-11/h3-9,19H,1-2H3,(H,21,23,24). The second-order valence-electron chi connectivity index (χ2n) is 5.59. The monoisotopic (exact) mass is 381 g/mol. The highest BCUT2D eigenvalue weighted by Crippen LogP contribution is 2.35. The normalized spacial score (nSPS) is 10.8. The zero-order valence-electron chi connectivity index (χ0n) is 14.1. The molecular weight excluding hydrogens is 366 g/mol. The summed E-state index contributed by atoms with van der Waals surface area (Å²) in [7, 11) is 1.80. The van der Waals surface area contributed by atoms with Crippen molar-refractivity contribution in [3.05, 3.63) is 53.0 Å². The summed E-state index contributed by atoms with van der Waals surface area (Å²) >= 11 is 2.71. The Morgan fingerprint density at radius 1 is 1.04 bits per heavy atom. The maximum absolute atomic E-state index is 12.8. The molecule has 0 aliphatic heterocycles. The van der Waals surface area contributed by atoms with E-state index >= 15 is 0 Å². The van der Waals surface area contributed by atoms with Crippen LogP contribution in [0.1, 0.15) is 15.4 Å². The number of hydrogen-bond donors (Lipinski definition) is 2. The maximum atomic E-state index is 12.8. The van der Waals surface area contributed by atoms with Crippen LogP contribution >= 0.6 is 22.7 Å². The summed E-state index contributed by atoms with van der Waals surface area (Å²) in [6, 6.07) is 13.7. The number of hydrogen-bond acceptors (Lipinski definition) is 7. The van der Waals surface area contributed by atoms with Crippen LogP contribution in [0.3, 0.4) is 0 Å². The van der Waals surface area contributed by atoms with Crippen molar-refractivity contribution in [2.45, 2.75) is 6.92 Å². The van der Waals surface area contributed by atoms with Crippen LogP contribution in [0, 0.1) is 6.92 Å². The third-order valence-electron chi connectivity index (χ3n) is 3.82. The maximum Gasteiger partial charge on any atom is 0.269 e. The van der Waals surface area contributed by atoms with Crippen molar-refractivity contribution >= 4 is 49.6 Å². The molecule has 1 aromatic carbocycles. The number of fused-ring (bicyclic) bond motifs is 1. The third-order valence-corrected chi connectivity index (χ3v) is 5.80. The topological polar surface area (TPSA) is 79.8 Å². The first kappa shape index (κ1) is 16.6. The van der Waals surface area contributed by atoms with Crippen LogP contribution < -0.4 is 10.6 Å². The lowest BCUT2D eigenvalue weighted by Crippen LogP contribution is -2.11. The van der Waals surface area contributed by atoms with Gasteiger partial charge in [-0.15, -0.1) is 21.5 Å². The van der Waals surface area contributed by atoms with E-state index in [-0.39, 0.29) is 5.91 Å². The number of pyridine rings is 1. The highest BCUT2D eigenvalue weighted by atomic mass is 32.1. The average molecular weight is 381 g/mol. The summed E-state index contributed by atoms with van der Waals surface area (Å²) in [5.74, 6) is -0.217. The van der Waals surface area contributed by atoms with Crippen molar-refractivity contribution in [2.24, 2.45) is 0 Å². The van der Waals surface area contributed by atoms with Crippen LogP contribution in [-0.4, -0.2) is 28.1 Å². The van der Waals surface area contributed by atoms with Gasteiger partial charge in [0.05, 0.1) is 5.69 Å². The van der Waals surface area contributed by atoms with E-state index in [9.17, 15) is 4.79 Å². The summed E-state index contributed by atoms with van der Waals surface area (Å²) in [6.07, 6.45) is 0. The SMILES string of the molecule is CNc1c(C(=O)Nc2nnc(-c3ccccc3)s2)sc2nc(C)ccc12. The summed E-state index contributed by atoms with van der Waals surface area (Å²) in [5.41, 5.74) is 2.68. The molecule has 26 heavy (non-hydrogen) atoms. The van der Waals surface area contributed by atoms with Crippen molar-refractivity contribution in [3.8, 4) is 10.6 Å². The molecule has 4 aromatic rings. The quantitative estimate of drug-likeness (QED) is 0.547. The lowest BCUT2D eigenvalue weighted by Gasteiger charge is -2.03. The molecule has 0 fully saturated rings. The molecule has 0 unspecified atom stereocenters. The Morgan fingerprint density at radius 3 is 2.62 bits per heavy atom. The van der Waals surface area contributed by atoms with Crippen LogP contribution in [0.15, 0.2) is 42.5 Å². The van der Waals surface area contributed by atoms with Crippen LogP contribution in [-0.2, 0) is 0 Å². The van der Waals surface area contributed by atoms with E-state index in [2.05, 4.69) is 25.8 Å². The fraction of sp³-hybridized carbons (Fsp3) is 0.111. The first-order chi connectivity index (χ1) is 12.7. The molecule has 3 aromatic heterocycles. The average Bonchev–Trinajstić information content (AvgIpc) is 3.26. The van der Waals surface area contributed by atoms with Crippen LogP contribution in [0.5, 0.6) is 0 Å². The number of aromatic nitrogens is 3. The smallest absolute Gasteiger partial charge is 0.269 e. The fourth-order valence-corrected chi connectivity index (χ4v) is 4.47. The Bertz CT molecular complexity index is 1090. The van der Waals surface area contributed by atoms with Gasteiger partial charge in [0.1, 0.15) is 14.7 Å². The molecule has 8 heteroatoms. The molecule has 0 saturated carbocycles. The summed E-state index contributed by atoms with van der Waals surface area (Å²) < 4.78 is 0. The molecule has 0 aliphatic carbocycles. The molecule has 1 amide bonds. The first-order valence-electron chi connectivity index (χ1n) is 7.94. The number of thiophene rings is 1. The number of rotatable bonds is 4. The second kappa shape index (κ2) is 6.81. The molecule has 0 spiro atoms. The van der Waals surface area contributed by atoms with Gasteiger partial charge >= 0.3 is 0 Å². The van der Waals surface area contributed by atoms with E-state index < -0.39 is 0 Å². The number of carbonyl (C=O) groups excluding carboxylic acids is 1. The number of amides is 1. The van der Waals surface area contributed by atoms with E-state index in [1.807, 2.05) is 49.4 Å². The minimum atomic E-state index is -0.217. The largest absolute Gasteiger partial charge is 0.386 e. The molecule has 0 aliphatic rings. The molecule has 130 valence electrons. The Kier molecular flexibility index (Phi) is 4.36. The van der Waals surface area contributed by atoms with Gasteiger partial charge in [0.2, 0.25) is 5.13 Å². The van der Waals surface area contributed by atoms with Gasteiger partial charge < -0.3 is 5.32 Å². The zero-order chi connectivity index (χ0) is 18.1. The summed E-state index contributed by atoms with van der Waals surface area (Å²) in [5, 5.41) is 16.4. The number of anilines is 2. The van der Waals surface area contributed by atoms with Crippen LogP contribution in [0.4, 0.5) is 10.8 Å². The number of nitrogens with one attached hydrogen (secondary N) is 2. The van der Waals surface area contributed by atoms with Crippen molar-refractivity contribution < 1.29 is 4.79 Å². The van der Waals surface area contributed by atoms with Gasteiger partial charge in [-0.05, 0) is 19.1 Å². The first-order valence-corrected chi connectivity index (χ1v) is 9.57. The third kappa shape index (κ3) is 3.04. The predicted molar refractivity (Wildman–Crippen MR) is 107 cm³/mol. The highest BCUT2D eigenvalue weighted by molar-refractivity contribution is 7.21. The van der Waals surface area contributed by atoms with E-state index in [0.717, 1.165) is 32.2 Å². The molecule has 0 bridgehead atoms. The van der Waals surface area contributed by atoms with Gasteiger partial charge in [-0.1, -0.05) is 41.7 Å². The predicted octanol–water partition coefficient (Wildman–Crippen LogP) is 4.42. The number of aryl methyl sites for hydroxylation is 1. The summed E-state index contributed by atoms with van der Waals surface area (Å²) in [4.78, 5) is 18.7. The lowest BCUT2D eigenvalue weighted by molar-refractivity contribution is 0.103. The number of nitrogens with zero attached hydrogens (tertiary/aromatic N) is 3. The van der Waals surface area contributed by atoms with Crippen LogP contribution in [0.25, 0.3) is 20.8 Å². The zero-order valence-corrected chi connectivity index (χ0v) is 15.7. The molecule has 4 rings (SSSR count). The number of benzene rings is 1. The Morgan fingerprint density at radius 2 is 1.85 bits per heavy atom. The van der Waals surface area contributed by atoms with Gasteiger partial charge in [-0.2, -0.15) is 0 Å². The highest BCUT2D eigenvalue weighted by Gasteiger charge is 2.20. The molecule has 6 nitrogen and oxygen atoms in total. The van der Waals surface area contributed by atoms with E-state index in [1.165, 1.54) is 22.7 Å². The van der Waals surface area contributed by atoms with Gasteiger partial charge in [-0.3, -0.25) is 10.1 Å². The molecule has 3 heterocycles.